The predicted octanol–water partition coefficient (Wildman–Crippen LogP) is 4.48. The van der Waals surface area contributed by atoms with Gasteiger partial charge in [0.1, 0.15) is 5.69 Å². The molecule has 0 aliphatic carbocycles. The van der Waals surface area contributed by atoms with E-state index < -0.39 is 11.8 Å². The van der Waals surface area contributed by atoms with Gasteiger partial charge in [0, 0.05) is 10.7 Å². The first kappa shape index (κ1) is 20.4. The predicted molar refractivity (Wildman–Crippen MR) is 117 cm³/mol. The zero-order valence-electron chi connectivity index (χ0n) is 15.9. The fraction of sp³-hybridized carbons (Fsp3) is 0.0909. The molecule has 0 spiro atoms. The van der Waals surface area contributed by atoms with Crippen LogP contribution < -0.4 is 10.7 Å². The highest BCUT2D eigenvalue weighted by atomic mass is 79.9. The minimum absolute atomic E-state index is 0.259. The molecule has 0 bridgehead atoms. The number of hydrogen-bond donors (Lipinski definition) is 2. The Balaban J connectivity index is 1.75. The van der Waals surface area contributed by atoms with Gasteiger partial charge in [0.2, 0.25) is 0 Å². The Morgan fingerprint density at radius 2 is 1.83 bits per heavy atom. The van der Waals surface area contributed by atoms with Gasteiger partial charge in [-0.05, 0) is 60.9 Å². The van der Waals surface area contributed by atoms with Gasteiger partial charge in [-0.15, -0.1) is 0 Å². The number of rotatable bonds is 5. The van der Waals surface area contributed by atoms with Gasteiger partial charge in [-0.1, -0.05) is 40.2 Å². The van der Waals surface area contributed by atoms with Crippen molar-refractivity contribution in [2.75, 3.05) is 5.32 Å². The molecule has 0 aliphatic heterocycles. The number of halogens is 1. The summed E-state index contributed by atoms with van der Waals surface area (Å²) in [6, 6.07) is 16.0. The summed E-state index contributed by atoms with van der Waals surface area (Å²) >= 11 is 3.35. The van der Waals surface area contributed by atoms with Crippen LogP contribution in [0.15, 0.2) is 70.4 Å². The molecule has 0 aliphatic rings. The minimum atomic E-state index is -0.442. The fourth-order valence-corrected chi connectivity index (χ4v) is 2.93. The van der Waals surface area contributed by atoms with Gasteiger partial charge in [-0.2, -0.15) is 5.10 Å². The number of pyridine rings is 1. The van der Waals surface area contributed by atoms with Crippen LogP contribution in [0.5, 0.6) is 0 Å². The molecule has 0 radical (unpaired) electrons. The van der Waals surface area contributed by atoms with Gasteiger partial charge >= 0.3 is 0 Å². The normalized spacial score (nSPS) is 10.7. The van der Waals surface area contributed by atoms with E-state index in [2.05, 4.69) is 36.8 Å². The highest BCUT2D eigenvalue weighted by Crippen LogP contribution is 2.22. The van der Waals surface area contributed by atoms with Crippen molar-refractivity contribution in [1.82, 2.24) is 10.4 Å². The van der Waals surface area contributed by atoms with E-state index in [-0.39, 0.29) is 11.3 Å². The van der Waals surface area contributed by atoms with Gasteiger partial charge in [-0.25, -0.2) is 5.43 Å². The summed E-state index contributed by atoms with van der Waals surface area (Å²) in [5.74, 6) is -0.844. The van der Waals surface area contributed by atoms with Crippen molar-refractivity contribution in [1.29, 1.82) is 0 Å². The molecular formula is C22H19BrN4O2. The number of anilines is 1. The third kappa shape index (κ3) is 5.36. The van der Waals surface area contributed by atoms with Crippen LogP contribution in [0.1, 0.15) is 37.5 Å². The lowest BCUT2D eigenvalue weighted by Crippen LogP contribution is -2.21. The molecule has 1 aromatic heterocycles. The van der Waals surface area contributed by atoms with Crippen LogP contribution in [0.4, 0.5) is 5.69 Å². The van der Waals surface area contributed by atoms with Crippen molar-refractivity contribution < 1.29 is 9.59 Å². The van der Waals surface area contributed by atoms with Crippen molar-refractivity contribution >= 4 is 39.6 Å². The number of aryl methyl sites for hydroxylation is 2. The van der Waals surface area contributed by atoms with Crippen LogP contribution in [0.2, 0.25) is 0 Å². The summed E-state index contributed by atoms with van der Waals surface area (Å²) in [6.45, 7) is 4.05. The third-order valence-corrected chi connectivity index (χ3v) is 4.78. The zero-order valence-corrected chi connectivity index (χ0v) is 17.5. The van der Waals surface area contributed by atoms with Crippen molar-refractivity contribution in [3.63, 3.8) is 0 Å². The Morgan fingerprint density at radius 3 is 2.55 bits per heavy atom. The second-order valence-corrected chi connectivity index (χ2v) is 7.32. The molecule has 0 fully saturated rings. The molecule has 7 heteroatoms. The van der Waals surface area contributed by atoms with Crippen LogP contribution >= 0.6 is 15.9 Å². The summed E-state index contributed by atoms with van der Waals surface area (Å²) in [5, 5.41) is 6.75. The smallest absolute Gasteiger partial charge is 0.274 e. The average Bonchev–Trinajstić information content (AvgIpc) is 2.72. The molecule has 0 saturated carbocycles. The monoisotopic (exact) mass is 450 g/mol. The lowest BCUT2D eigenvalue weighted by Gasteiger charge is -2.10. The second-order valence-electron chi connectivity index (χ2n) is 6.40. The largest absolute Gasteiger partial charge is 0.320 e. The number of nitrogens with zero attached hydrogens (tertiary/aromatic N) is 2. The molecule has 6 nitrogen and oxygen atoms in total. The number of aromatic nitrogens is 1. The van der Waals surface area contributed by atoms with Gasteiger partial charge in [0.25, 0.3) is 11.8 Å². The summed E-state index contributed by atoms with van der Waals surface area (Å²) in [6.07, 6.45) is 3.11. The van der Waals surface area contributed by atoms with E-state index in [1.165, 1.54) is 11.8 Å². The standard InChI is InChI=1S/C22H19BrN4O2/c1-14-6-7-16(11-15(14)2)13-25-27-21(28)18-12-17(23)8-9-19(18)26-22(29)20-5-3-4-10-24-20/h3-13H,1-2H3,(H,26,29)(H,27,28)/b25-13+. The highest BCUT2D eigenvalue weighted by molar-refractivity contribution is 9.10. The topological polar surface area (TPSA) is 83.5 Å². The second kappa shape index (κ2) is 9.25. The molecule has 0 saturated heterocycles. The highest BCUT2D eigenvalue weighted by Gasteiger charge is 2.15. The van der Waals surface area contributed by atoms with E-state index in [0.717, 1.165) is 11.1 Å². The first-order valence-corrected chi connectivity index (χ1v) is 9.66. The molecule has 146 valence electrons. The van der Waals surface area contributed by atoms with Gasteiger partial charge < -0.3 is 5.32 Å². The molecule has 1 heterocycles. The molecular weight excluding hydrogens is 432 g/mol. The number of benzene rings is 2. The molecule has 2 aromatic carbocycles. The van der Waals surface area contributed by atoms with Crippen LogP contribution in [-0.4, -0.2) is 23.0 Å². The quantitative estimate of drug-likeness (QED) is 0.443. The molecule has 2 amide bonds. The Kier molecular flexibility index (Phi) is 6.51. The Hall–Kier alpha value is -3.32. The maximum atomic E-state index is 12.6. The summed E-state index contributed by atoms with van der Waals surface area (Å²) in [4.78, 5) is 29.0. The van der Waals surface area contributed by atoms with Gasteiger partial charge in [-0.3, -0.25) is 14.6 Å². The van der Waals surface area contributed by atoms with Crippen molar-refractivity contribution in [3.05, 3.63) is 93.2 Å². The molecule has 0 atom stereocenters. The lowest BCUT2D eigenvalue weighted by atomic mass is 10.1. The number of carbonyl (C=O) groups is 2. The Labute approximate surface area is 177 Å². The van der Waals surface area contributed by atoms with Crippen molar-refractivity contribution in [2.24, 2.45) is 5.10 Å². The van der Waals surface area contributed by atoms with Crippen LogP contribution in [0, 0.1) is 13.8 Å². The molecule has 0 unspecified atom stereocenters. The van der Waals surface area contributed by atoms with E-state index in [1.807, 2.05) is 32.0 Å². The Bertz CT molecular complexity index is 1080. The summed E-state index contributed by atoms with van der Waals surface area (Å²) < 4.78 is 0.705. The zero-order chi connectivity index (χ0) is 20.8. The lowest BCUT2D eigenvalue weighted by molar-refractivity contribution is 0.0956. The maximum absolute atomic E-state index is 12.6. The molecule has 3 rings (SSSR count). The average molecular weight is 451 g/mol. The van der Waals surface area contributed by atoms with E-state index in [1.54, 1.807) is 42.6 Å². The maximum Gasteiger partial charge on any atom is 0.274 e. The van der Waals surface area contributed by atoms with Gasteiger partial charge in [0.05, 0.1) is 17.5 Å². The molecule has 3 aromatic rings. The summed E-state index contributed by atoms with van der Waals surface area (Å²) in [7, 11) is 0. The Morgan fingerprint density at radius 1 is 1.00 bits per heavy atom. The summed E-state index contributed by atoms with van der Waals surface area (Å²) in [5.41, 5.74) is 6.62. The third-order valence-electron chi connectivity index (χ3n) is 4.28. The first-order valence-electron chi connectivity index (χ1n) is 8.86. The van der Waals surface area contributed by atoms with Crippen LogP contribution in [0.25, 0.3) is 0 Å². The van der Waals surface area contributed by atoms with E-state index in [4.69, 9.17) is 0 Å². The van der Waals surface area contributed by atoms with Crippen LogP contribution in [-0.2, 0) is 0 Å². The van der Waals surface area contributed by atoms with E-state index in [0.29, 0.717) is 10.2 Å². The van der Waals surface area contributed by atoms with E-state index >= 15 is 0 Å². The van der Waals surface area contributed by atoms with E-state index in [9.17, 15) is 9.59 Å². The first-order chi connectivity index (χ1) is 13.9. The van der Waals surface area contributed by atoms with Crippen molar-refractivity contribution in [3.8, 4) is 0 Å². The molecule has 2 N–H and O–H groups in total. The number of hydrogen-bond acceptors (Lipinski definition) is 4. The fourth-order valence-electron chi connectivity index (χ4n) is 2.57. The number of nitrogens with one attached hydrogen (secondary N) is 2. The number of carbonyl (C=O) groups excluding carboxylic acids is 2. The SMILES string of the molecule is Cc1ccc(/C=N/NC(=O)c2cc(Br)ccc2NC(=O)c2ccccn2)cc1C. The number of amides is 2. The molecule has 29 heavy (non-hydrogen) atoms. The minimum Gasteiger partial charge on any atom is -0.320 e. The van der Waals surface area contributed by atoms with Gasteiger partial charge in [0.15, 0.2) is 0 Å². The van der Waals surface area contributed by atoms with Crippen LogP contribution in [0.3, 0.4) is 0 Å². The number of hydrazone groups is 1. The van der Waals surface area contributed by atoms with Crippen molar-refractivity contribution in [2.45, 2.75) is 13.8 Å².